The first kappa shape index (κ1) is 39.9. The Morgan fingerprint density at radius 1 is 0.667 bits per heavy atom. The minimum absolute atomic E-state index is 0. The third-order valence-corrected chi connectivity index (χ3v) is 8.22. The van der Waals surface area contributed by atoms with Gasteiger partial charge in [0.05, 0.1) is 22.4 Å². The van der Waals surface area contributed by atoms with Crippen LogP contribution in [0.4, 0.5) is 17.1 Å². The summed E-state index contributed by atoms with van der Waals surface area (Å²) in [5.41, 5.74) is 13.0. The van der Waals surface area contributed by atoms with Crippen molar-refractivity contribution in [3.63, 3.8) is 0 Å². The van der Waals surface area contributed by atoms with Crippen molar-refractivity contribution in [3.05, 3.63) is 172 Å². The molecule has 2 N–H and O–H groups in total. The first-order valence-corrected chi connectivity index (χ1v) is 21.0. The van der Waals surface area contributed by atoms with E-state index in [0.717, 1.165) is 42.7 Å². The molecule has 260 valence electrons. The second-order valence-corrected chi connectivity index (χ2v) is 19.0. The van der Waals surface area contributed by atoms with Crippen molar-refractivity contribution in [2.24, 2.45) is 0 Å². The molecule has 7 aromatic rings. The predicted octanol–water partition coefficient (Wildman–Crippen LogP) is 13.9. The molecular formula is C39H32Br2Cl3N4O2P. The standard InChI is InChI=1S/C19H15BrN2O.C19H13BrN2.CH4.Cl3OP/c20-15-12-10-14(11-13-15)19(23)22(16-6-2-1-3-7-16)18-9-5-4-8-17(18)21;20-15-12-10-14(11-13-15)19-21-17-8-4-5-9-18(17)22(19)16-6-2-1-3-7-16;;1-5(2,3)4/h1-13H,21H2;1-13H;1H4;. The molecule has 0 fully saturated rings. The van der Waals surface area contributed by atoms with Crippen molar-refractivity contribution in [3.8, 4) is 17.1 Å². The summed E-state index contributed by atoms with van der Waals surface area (Å²) in [6.45, 7) is 0. The van der Waals surface area contributed by atoms with Crippen molar-refractivity contribution in [1.82, 2.24) is 9.55 Å². The van der Waals surface area contributed by atoms with E-state index in [-0.39, 0.29) is 13.3 Å². The fraction of sp³-hybridized carbons (Fsp3) is 0.0256. The molecule has 0 bridgehead atoms. The summed E-state index contributed by atoms with van der Waals surface area (Å²) in [7, 11) is 0. The normalized spacial score (nSPS) is 10.5. The number of nitrogens with zero attached hydrogens (tertiary/aromatic N) is 3. The molecule has 0 aliphatic heterocycles. The number of para-hydroxylation sites is 6. The van der Waals surface area contributed by atoms with E-state index >= 15 is 0 Å². The largest absolute Gasteiger partial charge is 0.397 e. The summed E-state index contributed by atoms with van der Waals surface area (Å²) in [5.74, 6) is 0.835. The Hall–Kier alpha value is -3.88. The maximum Gasteiger partial charge on any atom is 0.339 e. The molecule has 51 heavy (non-hydrogen) atoms. The molecule has 6 nitrogen and oxygen atoms in total. The molecule has 1 heterocycles. The molecule has 7 rings (SSSR count). The van der Waals surface area contributed by atoms with E-state index < -0.39 is 5.20 Å². The highest BCUT2D eigenvalue weighted by Gasteiger charge is 2.21. The van der Waals surface area contributed by atoms with Gasteiger partial charge in [0.25, 0.3) is 5.91 Å². The molecule has 0 saturated carbocycles. The second-order valence-electron chi connectivity index (χ2n) is 10.5. The summed E-state index contributed by atoms with van der Waals surface area (Å²) >= 11 is 20.7. The molecule has 0 saturated heterocycles. The van der Waals surface area contributed by atoms with Crippen LogP contribution in [0.25, 0.3) is 28.1 Å². The zero-order chi connectivity index (χ0) is 35.7. The van der Waals surface area contributed by atoms with Gasteiger partial charge in [0.1, 0.15) is 5.82 Å². The molecule has 0 radical (unpaired) electrons. The summed E-state index contributed by atoms with van der Waals surface area (Å²) in [6.07, 6.45) is 0. The zero-order valence-electron chi connectivity index (χ0n) is 26.1. The smallest absolute Gasteiger partial charge is 0.339 e. The first-order valence-electron chi connectivity index (χ1n) is 15.0. The Balaban J connectivity index is 0.000000199. The highest BCUT2D eigenvalue weighted by atomic mass is 79.9. The number of amides is 1. The van der Waals surface area contributed by atoms with Gasteiger partial charge in [-0.3, -0.25) is 18.8 Å². The molecule has 0 atom stereocenters. The van der Waals surface area contributed by atoms with E-state index in [1.54, 1.807) is 23.1 Å². The number of carbonyl (C=O) groups excluding carboxylic acids is 1. The van der Waals surface area contributed by atoms with Crippen LogP contribution in [0.5, 0.6) is 0 Å². The quantitative estimate of drug-likeness (QED) is 0.138. The van der Waals surface area contributed by atoms with Gasteiger partial charge in [-0.05, 0) is 119 Å². The van der Waals surface area contributed by atoms with Crippen molar-refractivity contribution in [1.29, 1.82) is 0 Å². The van der Waals surface area contributed by atoms with Crippen LogP contribution < -0.4 is 10.6 Å². The average Bonchev–Trinajstić information content (AvgIpc) is 3.50. The molecular weight excluding hydrogens is 854 g/mol. The number of carbonyl (C=O) groups is 1. The predicted molar refractivity (Wildman–Crippen MR) is 224 cm³/mol. The summed E-state index contributed by atoms with van der Waals surface area (Å²) in [5, 5.41) is -3.22. The highest BCUT2D eigenvalue weighted by Crippen LogP contribution is 2.61. The van der Waals surface area contributed by atoms with Crippen LogP contribution in [-0.2, 0) is 4.57 Å². The number of benzene rings is 6. The minimum Gasteiger partial charge on any atom is -0.397 e. The molecule has 12 heteroatoms. The number of hydrogen-bond donors (Lipinski definition) is 1. The van der Waals surface area contributed by atoms with Gasteiger partial charge in [0.2, 0.25) is 0 Å². The summed E-state index contributed by atoms with van der Waals surface area (Å²) in [6, 6.07) is 51.0. The summed E-state index contributed by atoms with van der Waals surface area (Å²) in [4.78, 5) is 19.5. The number of nitrogens with two attached hydrogens (primary N) is 1. The summed E-state index contributed by atoms with van der Waals surface area (Å²) < 4.78 is 13.7. The molecule has 0 aliphatic carbocycles. The van der Waals surface area contributed by atoms with Crippen LogP contribution in [0.3, 0.4) is 0 Å². The van der Waals surface area contributed by atoms with Gasteiger partial charge < -0.3 is 5.73 Å². The van der Waals surface area contributed by atoms with E-state index in [4.69, 9.17) is 10.7 Å². The topological polar surface area (TPSA) is 81.2 Å². The molecule has 1 aromatic heterocycles. The lowest BCUT2D eigenvalue weighted by molar-refractivity contribution is 0.0999. The van der Waals surface area contributed by atoms with Crippen LogP contribution >= 0.6 is 70.8 Å². The van der Waals surface area contributed by atoms with Crippen LogP contribution in [0, 0.1) is 0 Å². The number of hydrogen-bond acceptors (Lipinski definition) is 4. The average molecular weight is 886 g/mol. The number of halogens is 5. The van der Waals surface area contributed by atoms with Crippen LogP contribution in [-0.4, -0.2) is 15.5 Å². The van der Waals surface area contributed by atoms with E-state index in [0.29, 0.717) is 16.9 Å². The number of aromatic nitrogens is 2. The highest BCUT2D eigenvalue weighted by molar-refractivity contribution is 9.10. The van der Waals surface area contributed by atoms with Gasteiger partial charge >= 0.3 is 5.20 Å². The van der Waals surface area contributed by atoms with Crippen LogP contribution in [0.2, 0.25) is 0 Å². The number of fused-ring (bicyclic) bond motifs is 1. The maximum atomic E-state index is 13.1. The van der Waals surface area contributed by atoms with Crippen LogP contribution in [0.15, 0.2) is 167 Å². The number of rotatable bonds is 5. The fourth-order valence-corrected chi connectivity index (χ4v) is 5.54. The Kier molecular flexibility index (Phi) is 14.5. The maximum absolute atomic E-state index is 13.1. The third kappa shape index (κ3) is 11.1. The van der Waals surface area contributed by atoms with E-state index in [2.05, 4.69) is 125 Å². The number of nitrogen functional groups attached to an aromatic ring is 1. The van der Waals surface area contributed by atoms with Gasteiger partial charge in [0, 0.05) is 31.4 Å². The zero-order valence-corrected chi connectivity index (χ0v) is 32.4. The van der Waals surface area contributed by atoms with Crippen molar-refractivity contribution < 1.29 is 9.36 Å². The number of anilines is 3. The van der Waals surface area contributed by atoms with E-state index in [9.17, 15) is 9.36 Å². The lowest BCUT2D eigenvalue weighted by Crippen LogP contribution is -2.26. The van der Waals surface area contributed by atoms with Crippen molar-refractivity contribution in [2.45, 2.75) is 7.43 Å². The minimum atomic E-state index is -3.22. The molecule has 6 aromatic carbocycles. The Labute approximate surface area is 328 Å². The van der Waals surface area contributed by atoms with Gasteiger partial charge in [-0.2, -0.15) is 0 Å². The Bertz CT molecular complexity index is 2230. The van der Waals surface area contributed by atoms with Crippen molar-refractivity contribution in [2.75, 3.05) is 10.6 Å². The Morgan fingerprint density at radius 3 is 1.75 bits per heavy atom. The van der Waals surface area contributed by atoms with E-state index in [1.165, 1.54) is 0 Å². The molecule has 1 amide bonds. The monoisotopic (exact) mass is 882 g/mol. The lowest BCUT2D eigenvalue weighted by Gasteiger charge is -2.24. The first-order chi connectivity index (χ1) is 24.0. The fourth-order valence-electron chi connectivity index (χ4n) is 5.01. The van der Waals surface area contributed by atoms with Crippen molar-refractivity contribution >= 4 is 105 Å². The van der Waals surface area contributed by atoms with Crippen LogP contribution in [0.1, 0.15) is 17.8 Å². The second kappa shape index (κ2) is 18.6. The Morgan fingerprint density at radius 2 is 1.16 bits per heavy atom. The van der Waals surface area contributed by atoms with Gasteiger partial charge in [0.15, 0.2) is 0 Å². The van der Waals surface area contributed by atoms with Gasteiger partial charge in [-0.15, -0.1) is 0 Å². The molecule has 0 unspecified atom stereocenters. The van der Waals surface area contributed by atoms with Gasteiger partial charge in [-0.25, -0.2) is 4.98 Å². The third-order valence-electron chi connectivity index (χ3n) is 7.16. The van der Waals surface area contributed by atoms with Gasteiger partial charge in [-0.1, -0.05) is 112 Å². The molecule has 0 spiro atoms. The lowest BCUT2D eigenvalue weighted by atomic mass is 10.1. The number of imidazole rings is 1. The molecule has 0 aliphatic rings. The van der Waals surface area contributed by atoms with E-state index in [1.807, 2.05) is 84.9 Å². The SMILES string of the molecule is Brc1ccc(-c2nc3ccccc3n2-c2ccccc2)cc1.C.Nc1ccccc1N(C(=O)c1ccc(Br)cc1)c1ccccc1.O=P(Cl)(Cl)Cl.